The van der Waals surface area contributed by atoms with Gasteiger partial charge in [-0.1, -0.05) is 30.3 Å². The van der Waals surface area contributed by atoms with Crippen molar-refractivity contribution in [2.75, 3.05) is 25.1 Å². The minimum absolute atomic E-state index is 0.230. The molecule has 1 aliphatic heterocycles. The number of methoxy groups -OCH3 is 1. The smallest absolute Gasteiger partial charge is 0.270 e. The fourth-order valence-corrected chi connectivity index (χ4v) is 4.24. The molecule has 0 atom stereocenters. The minimum Gasteiger partial charge on any atom is -0.497 e. The molecule has 0 spiro atoms. The second-order valence-electron chi connectivity index (χ2n) is 7.25. The SMILES string of the molecule is COc1cccc(C2CCN(c3c(C#N)c(=O)n(C)c4ccccc34)CC2)c1. The van der Waals surface area contributed by atoms with Gasteiger partial charge in [-0.3, -0.25) is 4.79 Å². The van der Waals surface area contributed by atoms with Gasteiger partial charge in [-0.2, -0.15) is 5.26 Å². The van der Waals surface area contributed by atoms with Gasteiger partial charge in [-0.05, 0) is 42.5 Å². The van der Waals surface area contributed by atoms with Gasteiger partial charge in [0.25, 0.3) is 5.56 Å². The van der Waals surface area contributed by atoms with Crippen molar-refractivity contribution in [3.8, 4) is 11.8 Å². The topological polar surface area (TPSA) is 58.3 Å². The van der Waals surface area contributed by atoms with Gasteiger partial charge in [0.2, 0.25) is 0 Å². The number of ether oxygens (including phenoxy) is 1. The first kappa shape index (κ1) is 18.1. The molecule has 1 aromatic heterocycles. The molecule has 0 saturated carbocycles. The number of piperidine rings is 1. The summed E-state index contributed by atoms with van der Waals surface area (Å²) in [6, 6.07) is 18.2. The number of nitriles is 1. The second kappa shape index (κ2) is 7.40. The molecule has 5 heteroatoms. The Hall–Kier alpha value is -3.26. The summed E-state index contributed by atoms with van der Waals surface area (Å²) in [6.45, 7) is 1.63. The lowest BCUT2D eigenvalue weighted by atomic mass is 9.88. The summed E-state index contributed by atoms with van der Waals surface area (Å²) in [6.07, 6.45) is 1.95. The number of hydrogen-bond donors (Lipinski definition) is 0. The van der Waals surface area contributed by atoms with Crippen LogP contribution in [-0.2, 0) is 7.05 Å². The zero-order valence-electron chi connectivity index (χ0n) is 16.2. The van der Waals surface area contributed by atoms with Crippen molar-refractivity contribution in [3.63, 3.8) is 0 Å². The lowest BCUT2D eigenvalue weighted by Gasteiger charge is -2.35. The maximum absolute atomic E-state index is 12.7. The van der Waals surface area contributed by atoms with E-state index in [2.05, 4.69) is 23.1 Å². The van der Waals surface area contributed by atoms with Crippen LogP contribution in [0, 0.1) is 11.3 Å². The van der Waals surface area contributed by atoms with Gasteiger partial charge < -0.3 is 14.2 Å². The Labute approximate surface area is 164 Å². The first-order chi connectivity index (χ1) is 13.6. The fourth-order valence-electron chi connectivity index (χ4n) is 4.24. The number of aryl methyl sites for hydroxylation is 1. The number of anilines is 1. The summed E-state index contributed by atoms with van der Waals surface area (Å²) in [5.74, 6) is 1.33. The number of nitrogens with zero attached hydrogens (tertiary/aromatic N) is 3. The summed E-state index contributed by atoms with van der Waals surface area (Å²) >= 11 is 0. The summed E-state index contributed by atoms with van der Waals surface area (Å²) in [5.41, 5.74) is 2.93. The lowest BCUT2D eigenvalue weighted by molar-refractivity contribution is 0.412. The van der Waals surface area contributed by atoms with E-state index in [0.717, 1.165) is 48.3 Å². The summed E-state index contributed by atoms with van der Waals surface area (Å²) in [4.78, 5) is 14.9. The molecule has 1 saturated heterocycles. The third-order valence-electron chi connectivity index (χ3n) is 5.76. The highest BCUT2D eigenvalue weighted by molar-refractivity contribution is 5.94. The van der Waals surface area contributed by atoms with E-state index in [-0.39, 0.29) is 11.1 Å². The van der Waals surface area contributed by atoms with Gasteiger partial charge >= 0.3 is 0 Å². The van der Waals surface area contributed by atoms with E-state index in [4.69, 9.17) is 4.74 Å². The number of hydrogen-bond acceptors (Lipinski definition) is 4. The number of fused-ring (bicyclic) bond motifs is 1. The Balaban J connectivity index is 1.68. The minimum atomic E-state index is -0.230. The Kier molecular flexibility index (Phi) is 4.79. The third-order valence-corrected chi connectivity index (χ3v) is 5.76. The predicted octanol–water partition coefficient (Wildman–Crippen LogP) is 3.80. The molecule has 0 aliphatic carbocycles. The van der Waals surface area contributed by atoms with Crippen LogP contribution in [0.5, 0.6) is 5.75 Å². The highest BCUT2D eigenvalue weighted by Gasteiger charge is 2.26. The molecule has 1 fully saturated rings. The average molecular weight is 373 g/mol. The number of para-hydroxylation sites is 1. The molecule has 0 radical (unpaired) electrons. The Morgan fingerprint density at radius 1 is 1.11 bits per heavy atom. The number of pyridine rings is 1. The van der Waals surface area contributed by atoms with E-state index in [0.29, 0.717) is 5.92 Å². The van der Waals surface area contributed by atoms with E-state index in [1.54, 1.807) is 18.7 Å². The molecule has 28 heavy (non-hydrogen) atoms. The molecule has 0 bridgehead atoms. The third kappa shape index (κ3) is 3.01. The largest absolute Gasteiger partial charge is 0.497 e. The van der Waals surface area contributed by atoms with E-state index in [9.17, 15) is 10.1 Å². The Morgan fingerprint density at radius 3 is 2.57 bits per heavy atom. The van der Waals surface area contributed by atoms with Crippen molar-refractivity contribution >= 4 is 16.6 Å². The van der Waals surface area contributed by atoms with Crippen molar-refractivity contribution in [1.82, 2.24) is 4.57 Å². The molecule has 0 amide bonds. The normalized spacial score (nSPS) is 14.8. The number of aromatic nitrogens is 1. The van der Waals surface area contributed by atoms with Crippen LogP contribution < -0.4 is 15.2 Å². The first-order valence-electron chi connectivity index (χ1n) is 9.54. The first-order valence-corrected chi connectivity index (χ1v) is 9.54. The maximum Gasteiger partial charge on any atom is 0.270 e. The van der Waals surface area contributed by atoms with Crippen molar-refractivity contribution in [2.24, 2.45) is 7.05 Å². The highest BCUT2D eigenvalue weighted by atomic mass is 16.5. The maximum atomic E-state index is 12.7. The molecule has 2 heterocycles. The quantitative estimate of drug-likeness (QED) is 0.701. The molecular formula is C23H23N3O2. The Morgan fingerprint density at radius 2 is 1.86 bits per heavy atom. The molecule has 142 valence electrons. The molecule has 5 nitrogen and oxygen atoms in total. The van der Waals surface area contributed by atoms with Gasteiger partial charge in [0.1, 0.15) is 17.4 Å². The van der Waals surface area contributed by atoms with Crippen LogP contribution >= 0.6 is 0 Å². The van der Waals surface area contributed by atoms with Gasteiger partial charge in [-0.15, -0.1) is 0 Å². The van der Waals surface area contributed by atoms with Crippen LogP contribution in [0.2, 0.25) is 0 Å². The molecule has 4 rings (SSSR count). The molecule has 3 aromatic rings. The zero-order chi connectivity index (χ0) is 19.7. The van der Waals surface area contributed by atoms with Crippen LogP contribution in [0.3, 0.4) is 0 Å². The highest BCUT2D eigenvalue weighted by Crippen LogP contribution is 2.35. The molecule has 1 aliphatic rings. The van der Waals surface area contributed by atoms with Crippen LogP contribution in [-0.4, -0.2) is 24.8 Å². The Bertz CT molecular complexity index is 1120. The van der Waals surface area contributed by atoms with E-state index < -0.39 is 0 Å². The van der Waals surface area contributed by atoms with Crippen LogP contribution in [0.4, 0.5) is 5.69 Å². The van der Waals surface area contributed by atoms with Crippen molar-refractivity contribution < 1.29 is 4.74 Å². The van der Waals surface area contributed by atoms with E-state index >= 15 is 0 Å². The monoisotopic (exact) mass is 373 g/mol. The lowest BCUT2D eigenvalue weighted by Crippen LogP contribution is -2.35. The number of benzene rings is 2. The van der Waals surface area contributed by atoms with E-state index in [1.165, 1.54) is 5.56 Å². The number of rotatable bonds is 3. The fraction of sp³-hybridized carbons (Fsp3) is 0.304. The van der Waals surface area contributed by atoms with Gasteiger partial charge in [-0.25, -0.2) is 0 Å². The van der Waals surface area contributed by atoms with Crippen molar-refractivity contribution in [3.05, 3.63) is 70.0 Å². The van der Waals surface area contributed by atoms with E-state index in [1.807, 2.05) is 36.4 Å². The zero-order valence-corrected chi connectivity index (χ0v) is 16.2. The molecule has 0 unspecified atom stereocenters. The molecular weight excluding hydrogens is 350 g/mol. The second-order valence-corrected chi connectivity index (χ2v) is 7.25. The average Bonchev–Trinajstić information content (AvgIpc) is 2.76. The van der Waals surface area contributed by atoms with Crippen molar-refractivity contribution in [1.29, 1.82) is 5.26 Å². The van der Waals surface area contributed by atoms with Gasteiger partial charge in [0, 0.05) is 25.5 Å². The van der Waals surface area contributed by atoms with Gasteiger partial charge in [0.15, 0.2) is 0 Å². The summed E-state index contributed by atoms with van der Waals surface area (Å²) < 4.78 is 6.93. The predicted molar refractivity (Wildman–Crippen MR) is 111 cm³/mol. The van der Waals surface area contributed by atoms with Crippen LogP contribution in [0.25, 0.3) is 10.9 Å². The molecule has 0 N–H and O–H groups in total. The summed E-state index contributed by atoms with van der Waals surface area (Å²) in [7, 11) is 3.41. The van der Waals surface area contributed by atoms with Crippen LogP contribution in [0.15, 0.2) is 53.3 Å². The van der Waals surface area contributed by atoms with Crippen molar-refractivity contribution in [2.45, 2.75) is 18.8 Å². The van der Waals surface area contributed by atoms with Gasteiger partial charge in [0.05, 0.1) is 18.3 Å². The molecule has 2 aromatic carbocycles. The van der Waals surface area contributed by atoms with Crippen LogP contribution in [0.1, 0.15) is 29.9 Å². The standard InChI is InChI=1S/C23H23N3O2/c1-25-21-9-4-3-8-19(21)22(20(15-24)23(25)27)26-12-10-16(11-13-26)17-6-5-7-18(14-17)28-2/h3-9,14,16H,10-13H2,1-2H3. The summed E-state index contributed by atoms with van der Waals surface area (Å²) in [5, 5.41) is 10.7.